The molecule has 2 aromatic rings. The second-order valence-corrected chi connectivity index (χ2v) is 5.13. The Hall–Kier alpha value is -1.23. The van der Waals surface area contributed by atoms with Crippen molar-refractivity contribution in [2.75, 3.05) is 6.61 Å². The van der Waals surface area contributed by atoms with Crippen molar-refractivity contribution in [3.8, 4) is 0 Å². The van der Waals surface area contributed by atoms with E-state index >= 15 is 0 Å². The van der Waals surface area contributed by atoms with E-state index in [0.29, 0.717) is 17.6 Å². The van der Waals surface area contributed by atoms with E-state index in [1.165, 1.54) is 0 Å². The Labute approximate surface area is 122 Å². The molecular weight excluding hydrogens is 280 g/mol. The van der Waals surface area contributed by atoms with Crippen molar-refractivity contribution in [3.63, 3.8) is 0 Å². The zero-order valence-electron chi connectivity index (χ0n) is 10.6. The highest BCUT2D eigenvalue weighted by atomic mass is 35.5. The van der Waals surface area contributed by atoms with E-state index in [1.54, 1.807) is 4.68 Å². The molecule has 0 aliphatic rings. The molecule has 0 atom stereocenters. The van der Waals surface area contributed by atoms with Crippen LogP contribution in [0.4, 0.5) is 0 Å². The summed E-state index contributed by atoms with van der Waals surface area (Å²) in [7, 11) is 0. The second kappa shape index (κ2) is 6.28. The van der Waals surface area contributed by atoms with Gasteiger partial charge in [0.25, 0.3) is 0 Å². The van der Waals surface area contributed by atoms with Gasteiger partial charge in [0.1, 0.15) is 4.64 Å². The first kappa shape index (κ1) is 14.2. The summed E-state index contributed by atoms with van der Waals surface area (Å²) in [6.45, 7) is 2.39. The average Bonchev–Trinajstić information content (AvgIpc) is 2.38. The highest BCUT2D eigenvalue weighted by Gasteiger charge is 2.06. The van der Waals surface area contributed by atoms with Crippen LogP contribution in [0.3, 0.4) is 0 Å². The van der Waals surface area contributed by atoms with Crippen molar-refractivity contribution in [1.29, 1.82) is 0 Å². The number of aryl methyl sites for hydroxylation is 1. The second-order valence-electron chi connectivity index (χ2n) is 4.31. The van der Waals surface area contributed by atoms with Gasteiger partial charge in [0, 0.05) is 11.4 Å². The summed E-state index contributed by atoms with van der Waals surface area (Å²) in [5.74, 6) is 0. The van der Waals surface area contributed by atoms with Gasteiger partial charge in [0.2, 0.25) is 0 Å². The molecule has 0 fully saturated rings. The smallest absolute Gasteiger partial charge is 0.123 e. The van der Waals surface area contributed by atoms with Gasteiger partial charge in [0.15, 0.2) is 0 Å². The largest absolute Gasteiger partial charge is 0.394 e. The molecule has 3 nitrogen and oxygen atoms in total. The molecule has 19 heavy (non-hydrogen) atoms. The van der Waals surface area contributed by atoms with Crippen molar-refractivity contribution in [1.82, 2.24) is 9.78 Å². The van der Waals surface area contributed by atoms with Gasteiger partial charge >= 0.3 is 0 Å². The van der Waals surface area contributed by atoms with Crippen molar-refractivity contribution < 1.29 is 5.11 Å². The number of halogens is 1. The molecule has 0 radical (unpaired) electrons. The van der Waals surface area contributed by atoms with Gasteiger partial charge in [-0.15, -0.1) is 0 Å². The van der Waals surface area contributed by atoms with Crippen LogP contribution in [0, 0.1) is 11.6 Å². The molecule has 5 heteroatoms. The molecule has 0 bridgehead atoms. The van der Waals surface area contributed by atoms with E-state index in [2.05, 4.69) is 5.10 Å². The maximum atomic E-state index is 8.95. The molecule has 2 rings (SSSR count). The number of aliphatic hydroxyl groups excluding tert-OH is 1. The predicted molar refractivity (Wildman–Crippen MR) is 79.1 cm³/mol. The fourth-order valence-corrected chi connectivity index (χ4v) is 2.38. The molecule has 0 aliphatic heterocycles. The van der Waals surface area contributed by atoms with Gasteiger partial charge in [-0.2, -0.15) is 5.10 Å². The van der Waals surface area contributed by atoms with Crippen LogP contribution in [0.2, 0.25) is 5.02 Å². The maximum Gasteiger partial charge on any atom is 0.123 e. The third-order valence-electron chi connectivity index (χ3n) is 2.94. The Bertz CT molecular complexity index is 640. The van der Waals surface area contributed by atoms with E-state index in [1.807, 2.05) is 37.3 Å². The topological polar surface area (TPSA) is 38.0 Å². The Kier molecular flexibility index (Phi) is 4.69. The standard InChI is InChI=1S/C14H15ClN2OS/c1-10-12(8-11-4-2-3-5-13(11)15)9-14(19)17(16-10)6-7-18/h2-5,9,18H,6-8H2,1H3. The summed E-state index contributed by atoms with van der Waals surface area (Å²) in [4.78, 5) is 0. The lowest BCUT2D eigenvalue weighted by Crippen LogP contribution is -2.11. The zero-order valence-corrected chi connectivity index (χ0v) is 12.2. The Balaban J connectivity index is 2.34. The third kappa shape index (κ3) is 3.41. The van der Waals surface area contributed by atoms with Crippen LogP contribution in [0.5, 0.6) is 0 Å². The third-order valence-corrected chi connectivity index (χ3v) is 3.64. The van der Waals surface area contributed by atoms with Gasteiger partial charge in [0.05, 0.1) is 18.8 Å². The fourth-order valence-electron chi connectivity index (χ4n) is 1.90. The van der Waals surface area contributed by atoms with Crippen LogP contribution in [0.25, 0.3) is 0 Å². The van der Waals surface area contributed by atoms with E-state index in [9.17, 15) is 0 Å². The minimum Gasteiger partial charge on any atom is -0.394 e. The fraction of sp³-hybridized carbons (Fsp3) is 0.286. The van der Waals surface area contributed by atoms with E-state index < -0.39 is 0 Å². The van der Waals surface area contributed by atoms with Crippen molar-refractivity contribution in [2.24, 2.45) is 0 Å². The molecular formula is C14H15ClN2OS. The SMILES string of the molecule is Cc1nn(CCO)c(=S)cc1Cc1ccccc1Cl. The van der Waals surface area contributed by atoms with Gasteiger partial charge in [-0.25, -0.2) is 0 Å². The maximum absolute atomic E-state index is 8.95. The van der Waals surface area contributed by atoms with Crippen LogP contribution in [-0.4, -0.2) is 21.5 Å². The van der Waals surface area contributed by atoms with Crippen LogP contribution in [0.15, 0.2) is 30.3 Å². The number of hydrogen-bond acceptors (Lipinski definition) is 3. The lowest BCUT2D eigenvalue weighted by Gasteiger charge is -2.10. The lowest BCUT2D eigenvalue weighted by atomic mass is 10.0. The van der Waals surface area contributed by atoms with E-state index in [-0.39, 0.29) is 6.61 Å². The van der Waals surface area contributed by atoms with Crippen LogP contribution < -0.4 is 0 Å². The molecule has 0 unspecified atom stereocenters. The van der Waals surface area contributed by atoms with Gasteiger partial charge in [-0.3, -0.25) is 4.68 Å². The van der Waals surface area contributed by atoms with Crippen LogP contribution in [0.1, 0.15) is 16.8 Å². The summed E-state index contributed by atoms with van der Waals surface area (Å²) < 4.78 is 2.27. The summed E-state index contributed by atoms with van der Waals surface area (Å²) in [6.07, 6.45) is 0.710. The van der Waals surface area contributed by atoms with Crippen LogP contribution >= 0.6 is 23.8 Å². The highest BCUT2D eigenvalue weighted by molar-refractivity contribution is 7.71. The van der Waals surface area contributed by atoms with E-state index in [0.717, 1.165) is 21.8 Å². The first-order valence-corrected chi connectivity index (χ1v) is 6.82. The molecule has 0 saturated heterocycles. The number of hydrogen-bond donors (Lipinski definition) is 1. The van der Waals surface area contributed by atoms with E-state index in [4.69, 9.17) is 28.9 Å². The van der Waals surface area contributed by atoms with Gasteiger partial charge in [-0.1, -0.05) is 42.0 Å². The van der Waals surface area contributed by atoms with Gasteiger partial charge < -0.3 is 5.11 Å². The number of aromatic nitrogens is 2. The number of nitrogens with zero attached hydrogens (tertiary/aromatic N) is 2. The number of rotatable bonds is 4. The average molecular weight is 295 g/mol. The number of aliphatic hydroxyl groups is 1. The number of benzene rings is 1. The molecule has 0 spiro atoms. The lowest BCUT2D eigenvalue weighted by molar-refractivity contribution is 0.267. The van der Waals surface area contributed by atoms with Crippen molar-refractivity contribution >= 4 is 23.8 Å². The normalized spacial score (nSPS) is 10.7. The molecule has 1 heterocycles. The minimum absolute atomic E-state index is 0.0323. The first-order chi connectivity index (χ1) is 9.11. The molecule has 1 N–H and O–H groups in total. The Morgan fingerprint density at radius 2 is 2.05 bits per heavy atom. The predicted octanol–water partition coefficient (Wildman–Crippen LogP) is 3.16. The first-order valence-electron chi connectivity index (χ1n) is 6.03. The summed E-state index contributed by atoms with van der Waals surface area (Å²) >= 11 is 11.4. The molecule has 0 saturated carbocycles. The molecule has 0 amide bonds. The molecule has 1 aromatic heterocycles. The monoisotopic (exact) mass is 294 g/mol. The Morgan fingerprint density at radius 1 is 1.32 bits per heavy atom. The van der Waals surface area contributed by atoms with Gasteiger partial charge in [-0.05, 0) is 30.2 Å². The van der Waals surface area contributed by atoms with Crippen molar-refractivity contribution in [2.45, 2.75) is 19.9 Å². The Morgan fingerprint density at radius 3 is 2.74 bits per heavy atom. The van der Waals surface area contributed by atoms with Crippen molar-refractivity contribution in [3.05, 3.63) is 56.8 Å². The highest BCUT2D eigenvalue weighted by Crippen LogP contribution is 2.20. The zero-order chi connectivity index (χ0) is 13.8. The summed E-state index contributed by atoms with van der Waals surface area (Å²) in [5, 5.41) is 14.1. The minimum atomic E-state index is 0.0323. The summed E-state index contributed by atoms with van der Waals surface area (Å²) in [5.41, 5.74) is 3.03. The van der Waals surface area contributed by atoms with Crippen LogP contribution in [-0.2, 0) is 13.0 Å². The summed E-state index contributed by atoms with van der Waals surface area (Å²) in [6, 6.07) is 9.68. The molecule has 0 aliphatic carbocycles. The molecule has 1 aromatic carbocycles. The molecule has 100 valence electrons. The quantitative estimate of drug-likeness (QED) is 0.880.